The van der Waals surface area contributed by atoms with Crippen LogP contribution in [-0.4, -0.2) is 98.6 Å². The molecule has 0 N–H and O–H groups in total. The van der Waals surface area contributed by atoms with Crippen LogP contribution >= 0.6 is 20.2 Å². The third kappa shape index (κ3) is 14.0. The number of nitrogens with zero attached hydrogens (tertiary/aromatic N) is 4. The topological polar surface area (TPSA) is 13.0 Å². The molecular weight excluding hydrogens is 434 g/mol. The van der Waals surface area contributed by atoms with E-state index in [2.05, 4.69) is 33.6 Å². The Morgan fingerprint density at radius 1 is 0.643 bits per heavy atom. The molecule has 2 heterocycles. The number of unbranched alkanes of at least 4 members (excludes halogenated alkanes) is 5. The van der Waals surface area contributed by atoms with Crippen molar-refractivity contribution in [1.82, 2.24) is 19.6 Å². The summed E-state index contributed by atoms with van der Waals surface area (Å²) in [5.74, 6) is 0. The maximum atomic E-state index is 4.80. The van der Waals surface area contributed by atoms with Crippen molar-refractivity contribution in [2.24, 2.45) is 0 Å². The van der Waals surface area contributed by atoms with E-state index in [4.69, 9.17) is 20.2 Å². The maximum absolute atomic E-state index is 4.80. The summed E-state index contributed by atoms with van der Waals surface area (Å²) < 4.78 is 0. The fourth-order valence-electron chi connectivity index (χ4n) is 4.19. The Morgan fingerprint density at radius 2 is 1.18 bits per heavy atom. The summed E-state index contributed by atoms with van der Waals surface area (Å²) in [6.07, 6.45) is 11.2. The first-order valence-electron chi connectivity index (χ1n) is 11.4. The molecule has 4 nitrogen and oxygen atoms in total. The van der Waals surface area contributed by atoms with Gasteiger partial charge in [-0.1, -0.05) is 39.0 Å². The van der Waals surface area contributed by atoms with Gasteiger partial charge >= 0.3 is 33.3 Å². The van der Waals surface area contributed by atoms with Crippen LogP contribution < -0.4 is 0 Å². The van der Waals surface area contributed by atoms with E-state index in [-0.39, 0.29) is 13.1 Å². The Hall–Kier alpha value is 0.939. The van der Waals surface area contributed by atoms with Gasteiger partial charge in [-0.25, -0.2) is 0 Å². The van der Waals surface area contributed by atoms with E-state index >= 15 is 0 Å². The summed E-state index contributed by atoms with van der Waals surface area (Å²) in [6, 6.07) is 0. The summed E-state index contributed by atoms with van der Waals surface area (Å²) in [5, 5.41) is 0. The Labute approximate surface area is 189 Å². The Kier molecular flexibility index (Phi) is 18.0. The molecule has 2 aliphatic rings. The van der Waals surface area contributed by atoms with E-state index in [1.165, 1.54) is 123 Å². The molecule has 0 aromatic carbocycles. The third-order valence-electron chi connectivity index (χ3n) is 6.05. The average Bonchev–Trinajstić information content (AvgIpc) is 2.69. The van der Waals surface area contributed by atoms with Crippen molar-refractivity contribution in [2.45, 2.75) is 58.3 Å². The molecule has 2 rings (SSSR count). The number of hydrogen-bond acceptors (Lipinski definition) is 4. The summed E-state index contributed by atoms with van der Waals surface area (Å²) in [6.45, 7) is 16.3. The normalized spacial score (nSPS) is 25.7. The minimum absolute atomic E-state index is 0.00694. The van der Waals surface area contributed by atoms with Crippen LogP contribution in [-0.2, 0) is 13.1 Å². The molecule has 0 saturated carbocycles. The van der Waals surface area contributed by atoms with Crippen molar-refractivity contribution in [3.63, 3.8) is 0 Å². The van der Waals surface area contributed by atoms with Gasteiger partial charge in [-0.05, 0) is 59.0 Å². The van der Waals surface area contributed by atoms with Gasteiger partial charge in [0.05, 0.1) is 0 Å². The molecular formula is C21H44Cl2MnN4. The molecule has 2 saturated heterocycles. The Morgan fingerprint density at radius 3 is 1.86 bits per heavy atom. The first-order chi connectivity index (χ1) is 13.7. The Bertz CT molecular complexity index is 352. The molecule has 2 fully saturated rings. The van der Waals surface area contributed by atoms with E-state index in [0.717, 1.165) is 0 Å². The summed E-state index contributed by atoms with van der Waals surface area (Å²) in [5.41, 5.74) is 0. The molecule has 0 aliphatic carbocycles. The minimum atomic E-state index is 0.00694. The second-order valence-electron chi connectivity index (χ2n) is 8.36. The van der Waals surface area contributed by atoms with Crippen LogP contribution in [0.4, 0.5) is 0 Å². The van der Waals surface area contributed by atoms with Crippen LogP contribution in [0.3, 0.4) is 0 Å². The molecule has 2 aliphatic heterocycles. The number of fused-ring (bicyclic) bond motifs is 3. The first kappa shape index (κ1) is 27.0. The molecule has 0 spiro atoms. The van der Waals surface area contributed by atoms with Crippen LogP contribution in [0.1, 0.15) is 58.3 Å². The van der Waals surface area contributed by atoms with Crippen molar-refractivity contribution in [1.29, 1.82) is 0 Å². The Balaban J connectivity index is 0.00000122. The van der Waals surface area contributed by atoms with Gasteiger partial charge in [-0.15, -0.1) is 0 Å². The van der Waals surface area contributed by atoms with Crippen molar-refractivity contribution >= 4 is 20.2 Å². The van der Waals surface area contributed by atoms with E-state index in [9.17, 15) is 0 Å². The molecule has 0 aromatic rings. The van der Waals surface area contributed by atoms with Gasteiger partial charge in [0.2, 0.25) is 0 Å². The van der Waals surface area contributed by atoms with Gasteiger partial charge in [0.1, 0.15) is 0 Å². The molecule has 0 amide bonds. The van der Waals surface area contributed by atoms with Gasteiger partial charge < -0.3 is 19.6 Å². The second-order valence-corrected chi connectivity index (χ2v) is 10.3. The molecule has 7 heteroatoms. The molecule has 2 bridgehead atoms. The summed E-state index contributed by atoms with van der Waals surface area (Å²) in [7, 11) is 11.9. The van der Waals surface area contributed by atoms with Gasteiger partial charge in [-0.2, -0.15) is 0 Å². The quantitative estimate of drug-likeness (QED) is 0.398. The molecule has 0 radical (unpaired) electrons. The molecule has 169 valence electrons. The fraction of sp³-hybridized carbons (Fsp3) is 1.00. The SMILES string of the molecule is CCCCCCCCN1CCCN2CCN(C)CCCN(CC1)CC2.[Cl][Mn][Cl]. The van der Waals surface area contributed by atoms with Crippen LogP contribution in [0, 0.1) is 0 Å². The van der Waals surface area contributed by atoms with Gasteiger partial charge in [0.25, 0.3) is 0 Å². The van der Waals surface area contributed by atoms with Crippen molar-refractivity contribution in [3.8, 4) is 0 Å². The predicted octanol–water partition coefficient (Wildman–Crippen LogP) is 4.37. The van der Waals surface area contributed by atoms with Crippen molar-refractivity contribution in [2.75, 3.05) is 79.0 Å². The van der Waals surface area contributed by atoms with Crippen LogP contribution in [0.5, 0.6) is 0 Å². The van der Waals surface area contributed by atoms with Crippen LogP contribution in [0.25, 0.3) is 0 Å². The number of halogens is 2. The zero-order valence-corrected chi connectivity index (χ0v) is 21.1. The van der Waals surface area contributed by atoms with Gasteiger partial charge in [-0.3, -0.25) is 0 Å². The average molecular weight is 478 g/mol. The number of likely N-dealkylation sites (N-methyl/N-ethyl adjacent to an activating group) is 1. The van der Waals surface area contributed by atoms with E-state index in [0.29, 0.717) is 0 Å². The zero-order chi connectivity index (χ0) is 20.5. The van der Waals surface area contributed by atoms with Crippen molar-refractivity contribution < 1.29 is 13.1 Å². The molecule has 2 unspecified atom stereocenters. The first-order valence-corrected chi connectivity index (χ1v) is 14.7. The fourth-order valence-corrected chi connectivity index (χ4v) is 4.19. The summed E-state index contributed by atoms with van der Waals surface area (Å²) >= 11 is 0.00694. The van der Waals surface area contributed by atoms with Crippen LogP contribution in [0.15, 0.2) is 0 Å². The second kappa shape index (κ2) is 18.7. The molecule has 0 aromatic heterocycles. The van der Waals surface area contributed by atoms with E-state index in [1.54, 1.807) is 0 Å². The summed E-state index contributed by atoms with van der Waals surface area (Å²) in [4.78, 5) is 10.7. The van der Waals surface area contributed by atoms with Crippen molar-refractivity contribution in [3.05, 3.63) is 0 Å². The van der Waals surface area contributed by atoms with E-state index in [1.807, 2.05) is 0 Å². The zero-order valence-electron chi connectivity index (χ0n) is 18.4. The number of rotatable bonds is 7. The predicted molar refractivity (Wildman–Crippen MR) is 121 cm³/mol. The van der Waals surface area contributed by atoms with Gasteiger partial charge in [0, 0.05) is 39.3 Å². The molecule has 28 heavy (non-hydrogen) atoms. The van der Waals surface area contributed by atoms with E-state index < -0.39 is 0 Å². The monoisotopic (exact) mass is 477 g/mol. The third-order valence-corrected chi connectivity index (χ3v) is 6.05. The van der Waals surface area contributed by atoms with Crippen LogP contribution in [0.2, 0.25) is 0 Å². The number of hydrogen-bond donors (Lipinski definition) is 0. The standard InChI is InChI=1S/C21H44N4.2ClH.Mn/c1-3-4-5-6-7-8-12-23-14-10-15-24-17-16-22(2)11-9-13-25(19-18-23)21-20-24;;;/h3-21H2,1-2H3;2*1H;/q;;;+2/p-2. The molecule has 2 atom stereocenters. The van der Waals surface area contributed by atoms with Gasteiger partial charge in [0.15, 0.2) is 0 Å².